The maximum Gasteiger partial charge on any atom is 0.328 e. The first-order valence-corrected chi connectivity index (χ1v) is 10.6. The second-order valence-electron chi connectivity index (χ2n) is 7.24. The Morgan fingerprint density at radius 1 is 1.06 bits per heavy atom. The van der Waals surface area contributed by atoms with Crippen LogP contribution in [-0.2, 0) is 30.3 Å². The molecule has 10 heteroatoms. The summed E-state index contributed by atoms with van der Waals surface area (Å²) >= 11 is 3.85. The Bertz CT molecular complexity index is 788. The van der Waals surface area contributed by atoms with Gasteiger partial charge in [0.25, 0.3) is 0 Å². The number of carbonyl (C=O) groups excluding carboxylic acids is 4. The van der Waals surface area contributed by atoms with Gasteiger partial charge in [-0.05, 0) is 24.5 Å². The molecule has 1 aromatic rings. The Hall–Kier alpha value is -2.75. The quantitative estimate of drug-likeness (QED) is 0.246. The van der Waals surface area contributed by atoms with Crippen LogP contribution in [0.25, 0.3) is 0 Å². The van der Waals surface area contributed by atoms with Crippen molar-refractivity contribution >= 4 is 36.3 Å². The van der Waals surface area contributed by atoms with Crippen molar-refractivity contribution in [3.05, 3.63) is 29.8 Å². The molecule has 0 aliphatic heterocycles. The Kier molecular flexibility index (Phi) is 10.9. The van der Waals surface area contributed by atoms with Crippen molar-refractivity contribution in [3.63, 3.8) is 0 Å². The predicted molar refractivity (Wildman–Crippen MR) is 119 cm³/mol. The topological polar surface area (TPSA) is 134 Å². The lowest BCUT2D eigenvalue weighted by molar-refractivity contribution is -0.145. The fraction of sp³-hybridized carbons (Fsp3) is 0.524. The Morgan fingerprint density at radius 2 is 1.71 bits per heavy atom. The van der Waals surface area contributed by atoms with Gasteiger partial charge in [0.15, 0.2) is 0 Å². The number of benzene rings is 1. The zero-order chi connectivity index (χ0) is 23.6. The zero-order valence-corrected chi connectivity index (χ0v) is 19.1. The normalized spacial score (nSPS) is 14.5. The molecule has 4 N–H and O–H groups in total. The van der Waals surface area contributed by atoms with Gasteiger partial charge in [0, 0.05) is 6.42 Å². The van der Waals surface area contributed by atoms with Crippen molar-refractivity contribution < 1.29 is 29.0 Å². The molecule has 0 unspecified atom stereocenters. The first kappa shape index (κ1) is 26.3. The SMILES string of the molecule is CC[C@H](C)[C@H](NC(=O)[C@H](C)NC(=O)CS)C(=O)N[C@@H](Cc1ccccc1O)C(=O)OC. The van der Waals surface area contributed by atoms with Crippen LogP contribution in [0, 0.1) is 5.92 Å². The number of rotatable bonds is 11. The van der Waals surface area contributed by atoms with Gasteiger partial charge in [-0.25, -0.2) is 4.79 Å². The van der Waals surface area contributed by atoms with E-state index in [0.29, 0.717) is 12.0 Å². The van der Waals surface area contributed by atoms with Gasteiger partial charge in [0.2, 0.25) is 17.7 Å². The number of phenols is 1. The van der Waals surface area contributed by atoms with Crippen molar-refractivity contribution in [2.75, 3.05) is 12.9 Å². The molecule has 9 nitrogen and oxygen atoms in total. The van der Waals surface area contributed by atoms with Crippen LogP contribution in [0.15, 0.2) is 24.3 Å². The molecule has 1 aromatic carbocycles. The van der Waals surface area contributed by atoms with Gasteiger partial charge in [0.05, 0.1) is 12.9 Å². The van der Waals surface area contributed by atoms with E-state index in [0.717, 1.165) is 0 Å². The van der Waals surface area contributed by atoms with E-state index < -0.39 is 41.8 Å². The minimum absolute atomic E-state index is 0.00816. The molecule has 0 aromatic heterocycles. The molecular formula is C21H31N3O6S. The molecule has 0 heterocycles. The van der Waals surface area contributed by atoms with Crippen molar-refractivity contribution in [3.8, 4) is 5.75 Å². The van der Waals surface area contributed by atoms with Gasteiger partial charge in [-0.15, -0.1) is 0 Å². The molecule has 0 aliphatic rings. The number of hydrogen-bond acceptors (Lipinski definition) is 7. The molecule has 0 spiro atoms. The minimum Gasteiger partial charge on any atom is -0.508 e. The number of hydrogen-bond donors (Lipinski definition) is 5. The highest BCUT2D eigenvalue weighted by atomic mass is 32.1. The lowest BCUT2D eigenvalue weighted by atomic mass is 9.97. The summed E-state index contributed by atoms with van der Waals surface area (Å²) in [5.41, 5.74) is 0.463. The Morgan fingerprint density at radius 3 is 2.26 bits per heavy atom. The third-order valence-electron chi connectivity index (χ3n) is 4.93. The van der Waals surface area contributed by atoms with Gasteiger partial charge < -0.3 is 25.8 Å². The summed E-state index contributed by atoms with van der Waals surface area (Å²) < 4.78 is 4.79. The van der Waals surface area contributed by atoms with Crippen LogP contribution in [0.4, 0.5) is 0 Å². The monoisotopic (exact) mass is 453 g/mol. The van der Waals surface area contributed by atoms with Gasteiger partial charge in [-0.1, -0.05) is 38.5 Å². The molecule has 0 radical (unpaired) electrons. The van der Waals surface area contributed by atoms with Crippen molar-refractivity contribution in [2.24, 2.45) is 5.92 Å². The Labute approximate surface area is 187 Å². The van der Waals surface area contributed by atoms with Gasteiger partial charge in [0.1, 0.15) is 23.9 Å². The summed E-state index contributed by atoms with van der Waals surface area (Å²) in [6.07, 6.45) is 0.596. The molecule has 172 valence electrons. The number of ether oxygens (including phenoxy) is 1. The molecule has 0 aliphatic carbocycles. The fourth-order valence-electron chi connectivity index (χ4n) is 2.83. The molecule has 4 atom stereocenters. The average molecular weight is 454 g/mol. The van der Waals surface area contributed by atoms with E-state index in [1.54, 1.807) is 25.1 Å². The highest BCUT2D eigenvalue weighted by Gasteiger charge is 2.32. The summed E-state index contributed by atoms with van der Waals surface area (Å²) in [6, 6.07) is 3.60. The minimum atomic E-state index is -1.06. The summed E-state index contributed by atoms with van der Waals surface area (Å²) in [5.74, 6) is -2.53. The standard InChI is InChI=1S/C21H31N3O6S/c1-5-12(2)18(24-19(27)13(3)22-17(26)11-31)20(28)23-15(21(29)30-4)10-14-8-6-7-9-16(14)25/h6-9,12-13,15,18,25,31H,5,10-11H2,1-4H3,(H,22,26)(H,23,28)(H,24,27)/t12-,13-,15-,18-/m0/s1. The molecular weight excluding hydrogens is 422 g/mol. The lowest BCUT2D eigenvalue weighted by Gasteiger charge is -2.27. The lowest BCUT2D eigenvalue weighted by Crippen LogP contribution is -2.57. The van der Waals surface area contributed by atoms with E-state index in [1.807, 2.05) is 6.92 Å². The van der Waals surface area contributed by atoms with E-state index in [1.165, 1.54) is 20.1 Å². The third kappa shape index (κ3) is 8.12. The zero-order valence-electron chi connectivity index (χ0n) is 18.2. The first-order chi connectivity index (χ1) is 14.6. The summed E-state index contributed by atoms with van der Waals surface area (Å²) in [4.78, 5) is 49.2. The smallest absolute Gasteiger partial charge is 0.328 e. The molecule has 0 saturated heterocycles. The molecule has 0 saturated carbocycles. The number of para-hydroxylation sites is 1. The Balaban J connectivity index is 2.98. The van der Waals surface area contributed by atoms with Gasteiger partial charge in [-0.3, -0.25) is 14.4 Å². The number of thiol groups is 1. The van der Waals surface area contributed by atoms with Crippen molar-refractivity contribution in [2.45, 2.75) is 51.7 Å². The average Bonchev–Trinajstić information content (AvgIpc) is 2.76. The first-order valence-electron chi connectivity index (χ1n) is 10.00. The van der Waals surface area contributed by atoms with Crippen LogP contribution in [0.2, 0.25) is 0 Å². The van der Waals surface area contributed by atoms with E-state index in [4.69, 9.17) is 4.74 Å². The summed E-state index contributed by atoms with van der Waals surface area (Å²) in [7, 11) is 1.20. The second-order valence-corrected chi connectivity index (χ2v) is 7.55. The van der Waals surface area contributed by atoms with Crippen LogP contribution in [0.5, 0.6) is 5.75 Å². The number of nitrogens with one attached hydrogen (secondary N) is 3. The largest absolute Gasteiger partial charge is 0.508 e. The van der Waals surface area contributed by atoms with E-state index in [-0.39, 0.29) is 23.8 Å². The molecule has 0 fully saturated rings. The summed E-state index contributed by atoms with van der Waals surface area (Å²) in [5, 5.41) is 17.7. The molecule has 31 heavy (non-hydrogen) atoms. The van der Waals surface area contributed by atoms with Crippen LogP contribution < -0.4 is 16.0 Å². The predicted octanol–water partition coefficient (Wildman–Crippen LogP) is 0.558. The van der Waals surface area contributed by atoms with Crippen LogP contribution in [0.3, 0.4) is 0 Å². The van der Waals surface area contributed by atoms with E-state index in [9.17, 15) is 24.3 Å². The number of phenolic OH excluding ortho intramolecular Hbond substituents is 1. The highest BCUT2D eigenvalue weighted by Crippen LogP contribution is 2.18. The van der Waals surface area contributed by atoms with Crippen LogP contribution in [-0.4, -0.2) is 59.8 Å². The van der Waals surface area contributed by atoms with Gasteiger partial charge >= 0.3 is 5.97 Å². The highest BCUT2D eigenvalue weighted by molar-refractivity contribution is 7.81. The number of methoxy groups -OCH3 is 1. The fourth-order valence-corrected chi connectivity index (χ4v) is 2.92. The third-order valence-corrected chi connectivity index (χ3v) is 5.21. The van der Waals surface area contributed by atoms with Crippen LogP contribution in [0.1, 0.15) is 32.8 Å². The van der Waals surface area contributed by atoms with E-state index >= 15 is 0 Å². The number of carbonyl (C=O) groups is 4. The molecule has 0 bridgehead atoms. The maximum absolute atomic E-state index is 13.0. The van der Waals surface area contributed by atoms with Crippen molar-refractivity contribution in [1.29, 1.82) is 0 Å². The maximum atomic E-state index is 13.0. The van der Waals surface area contributed by atoms with Crippen molar-refractivity contribution in [1.82, 2.24) is 16.0 Å². The number of esters is 1. The number of aromatic hydroxyl groups is 1. The van der Waals surface area contributed by atoms with Crippen LogP contribution >= 0.6 is 12.6 Å². The molecule has 1 rings (SSSR count). The van der Waals surface area contributed by atoms with E-state index in [2.05, 4.69) is 28.6 Å². The number of amides is 3. The molecule has 3 amide bonds. The second kappa shape index (κ2) is 12.8. The van der Waals surface area contributed by atoms with Gasteiger partial charge in [-0.2, -0.15) is 12.6 Å². The summed E-state index contributed by atoms with van der Waals surface area (Å²) in [6.45, 7) is 5.15.